The Morgan fingerprint density at radius 2 is 2.18 bits per heavy atom. The van der Waals surface area contributed by atoms with Crippen molar-refractivity contribution in [2.45, 2.75) is 18.2 Å². The zero-order valence-corrected chi connectivity index (χ0v) is 13.4. The summed E-state index contributed by atoms with van der Waals surface area (Å²) in [7, 11) is -3.71. The highest BCUT2D eigenvalue weighted by Gasteiger charge is 2.19. The molecular weight excluding hydrogens is 326 g/mol. The molecule has 7 nitrogen and oxygen atoms in total. The minimum atomic E-state index is -3.71. The number of thiophene rings is 1. The molecule has 0 amide bonds. The summed E-state index contributed by atoms with van der Waals surface area (Å²) in [6.07, 6.45) is 1.78. The van der Waals surface area contributed by atoms with Crippen molar-refractivity contribution < 1.29 is 13.3 Å². The third-order valence-corrected chi connectivity index (χ3v) is 5.28. The van der Waals surface area contributed by atoms with E-state index in [1.807, 2.05) is 24.4 Å². The second-order valence-corrected chi connectivity index (χ2v) is 7.65. The number of aromatic nitrogens is 1. The molecule has 9 heteroatoms. The van der Waals surface area contributed by atoms with Gasteiger partial charge in [0.15, 0.2) is 6.20 Å². The number of nitrogens with one attached hydrogen (secondary N) is 1. The first kappa shape index (κ1) is 16.5. The first-order valence-corrected chi connectivity index (χ1v) is 8.87. The molecule has 2 aromatic heterocycles. The summed E-state index contributed by atoms with van der Waals surface area (Å²) < 4.78 is 26.7. The summed E-state index contributed by atoms with van der Waals surface area (Å²) in [4.78, 5) is 14.5. The molecule has 0 aliphatic heterocycles. The molecule has 0 aliphatic rings. The van der Waals surface area contributed by atoms with E-state index in [1.165, 1.54) is 10.9 Å². The Hall–Kier alpha value is -1.84. The molecule has 22 heavy (non-hydrogen) atoms. The highest BCUT2D eigenvalue weighted by molar-refractivity contribution is 7.89. The van der Waals surface area contributed by atoms with Crippen molar-refractivity contribution in [1.82, 2.24) is 9.71 Å². The van der Waals surface area contributed by atoms with Crippen LogP contribution in [0.25, 0.3) is 0 Å². The Balaban J connectivity index is 1.97. The standard InChI is InChI=1S/C13H15N3O4S2/c1-10(7-11-3-2-6-21-11)8-15-22(19,20)12-4-5-13(14-9-12)16(17)18/h2-6,9-10,15H,7-8H2,1H3/t10-/m0/s1. The van der Waals surface area contributed by atoms with Crippen LogP contribution < -0.4 is 4.72 Å². The number of nitrogens with zero attached hydrogens (tertiary/aromatic N) is 2. The van der Waals surface area contributed by atoms with Gasteiger partial charge in [-0.1, -0.05) is 13.0 Å². The van der Waals surface area contributed by atoms with Crippen molar-refractivity contribution in [2.24, 2.45) is 5.92 Å². The summed E-state index contributed by atoms with van der Waals surface area (Å²) in [6.45, 7) is 2.24. The van der Waals surface area contributed by atoms with Gasteiger partial charge < -0.3 is 10.1 Å². The summed E-state index contributed by atoms with van der Waals surface area (Å²) in [5, 5.41) is 12.5. The van der Waals surface area contributed by atoms with Crippen LogP contribution in [0.5, 0.6) is 0 Å². The summed E-state index contributed by atoms with van der Waals surface area (Å²) in [6, 6.07) is 6.22. The summed E-state index contributed by atoms with van der Waals surface area (Å²) >= 11 is 1.63. The molecule has 2 aromatic rings. The molecular formula is C13H15N3O4S2. The van der Waals surface area contributed by atoms with E-state index in [1.54, 1.807) is 11.3 Å². The first-order valence-electron chi connectivity index (χ1n) is 6.51. The molecule has 0 saturated heterocycles. The van der Waals surface area contributed by atoms with Gasteiger partial charge in [0.2, 0.25) is 10.0 Å². The van der Waals surface area contributed by atoms with Crippen LogP contribution in [0.3, 0.4) is 0 Å². The van der Waals surface area contributed by atoms with Crippen LogP contribution in [-0.4, -0.2) is 24.9 Å². The van der Waals surface area contributed by atoms with Gasteiger partial charge in [0.1, 0.15) is 4.90 Å². The minimum absolute atomic E-state index is 0.0820. The third kappa shape index (κ3) is 4.33. The van der Waals surface area contributed by atoms with Crippen LogP contribution in [0.1, 0.15) is 11.8 Å². The maximum absolute atomic E-state index is 12.1. The molecule has 118 valence electrons. The molecule has 2 heterocycles. The van der Waals surface area contributed by atoms with Gasteiger partial charge in [0.25, 0.3) is 0 Å². The van der Waals surface area contributed by atoms with Gasteiger partial charge in [-0.15, -0.1) is 11.3 Å². The van der Waals surface area contributed by atoms with Gasteiger partial charge in [-0.25, -0.2) is 13.1 Å². The lowest BCUT2D eigenvalue weighted by Gasteiger charge is -2.11. The predicted molar refractivity (Wildman–Crippen MR) is 83.3 cm³/mol. The largest absolute Gasteiger partial charge is 0.363 e. The molecule has 0 aliphatic carbocycles. The topological polar surface area (TPSA) is 102 Å². The van der Waals surface area contributed by atoms with Gasteiger partial charge in [-0.3, -0.25) is 0 Å². The number of hydrogen-bond donors (Lipinski definition) is 1. The smallest absolute Gasteiger partial charge is 0.358 e. The number of hydrogen-bond acceptors (Lipinski definition) is 6. The Kier molecular flexibility index (Phi) is 5.22. The highest BCUT2D eigenvalue weighted by Crippen LogP contribution is 2.15. The molecule has 2 rings (SSSR count). The number of nitro groups is 1. The minimum Gasteiger partial charge on any atom is -0.358 e. The maximum Gasteiger partial charge on any atom is 0.363 e. The van der Waals surface area contributed by atoms with Crippen molar-refractivity contribution in [3.8, 4) is 0 Å². The van der Waals surface area contributed by atoms with Crippen LogP contribution in [-0.2, 0) is 16.4 Å². The zero-order valence-electron chi connectivity index (χ0n) is 11.8. The van der Waals surface area contributed by atoms with Crippen molar-refractivity contribution in [3.63, 3.8) is 0 Å². The molecule has 1 N–H and O–H groups in total. The summed E-state index contributed by atoms with van der Waals surface area (Å²) in [5.41, 5.74) is 0. The molecule has 0 radical (unpaired) electrons. The van der Waals surface area contributed by atoms with E-state index in [2.05, 4.69) is 9.71 Å². The van der Waals surface area contributed by atoms with Gasteiger partial charge in [0.05, 0.1) is 0 Å². The van der Waals surface area contributed by atoms with E-state index in [9.17, 15) is 18.5 Å². The van der Waals surface area contributed by atoms with E-state index >= 15 is 0 Å². The fourth-order valence-electron chi connectivity index (χ4n) is 1.82. The van der Waals surface area contributed by atoms with E-state index < -0.39 is 14.9 Å². The van der Waals surface area contributed by atoms with Crippen LogP contribution >= 0.6 is 11.3 Å². The first-order chi connectivity index (χ1) is 10.4. The highest BCUT2D eigenvalue weighted by atomic mass is 32.2. The second kappa shape index (κ2) is 6.95. The Labute approximate surface area is 132 Å². The SMILES string of the molecule is C[C@H](CNS(=O)(=O)c1ccc([N+](=O)[O-])nc1)Cc1cccs1. The van der Waals surface area contributed by atoms with Crippen LogP contribution in [0.15, 0.2) is 40.7 Å². The zero-order chi connectivity index (χ0) is 16.2. The molecule has 0 unspecified atom stereocenters. The predicted octanol–water partition coefficient (Wildman–Crippen LogP) is 2.21. The van der Waals surface area contributed by atoms with E-state index in [4.69, 9.17) is 0 Å². The van der Waals surface area contributed by atoms with Crippen molar-refractivity contribution in [3.05, 3.63) is 50.8 Å². The summed E-state index contributed by atoms with van der Waals surface area (Å²) in [5.74, 6) is -0.246. The quantitative estimate of drug-likeness (QED) is 0.614. The number of sulfonamides is 1. The lowest BCUT2D eigenvalue weighted by Crippen LogP contribution is -2.29. The fraction of sp³-hybridized carbons (Fsp3) is 0.308. The fourth-order valence-corrected chi connectivity index (χ4v) is 3.80. The Morgan fingerprint density at radius 1 is 1.41 bits per heavy atom. The van der Waals surface area contributed by atoms with E-state index in [0.29, 0.717) is 0 Å². The lowest BCUT2D eigenvalue weighted by atomic mass is 10.1. The van der Waals surface area contributed by atoms with Gasteiger partial charge in [-0.2, -0.15) is 0 Å². The number of rotatable bonds is 7. The maximum atomic E-state index is 12.1. The van der Waals surface area contributed by atoms with Crippen LogP contribution in [0, 0.1) is 16.0 Å². The average molecular weight is 341 g/mol. The molecule has 0 spiro atoms. The molecule has 0 bridgehead atoms. The van der Waals surface area contributed by atoms with Crippen LogP contribution in [0.2, 0.25) is 0 Å². The normalized spacial score (nSPS) is 13.0. The number of pyridine rings is 1. The Morgan fingerprint density at radius 3 is 2.73 bits per heavy atom. The molecule has 0 fully saturated rings. The van der Waals surface area contributed by atoms with Crippen molar-refractivity contribution >= 4 is 27.2 Å². The monoisotopic (exact) mass is 341 g/mol. The van der Waals surface area contributed by atoms with Gasteiger partial charge in [0, 0.05) is 17.5 Å². The molecule has 0 saturated carbocycles. The van der Waals surface area contributed by atoms with Crippen molar-refractivity contribution in [1.29, 1.82) is 0 Å². The van der Waals surface area contributed by atoms with Crippen LogP contribution in [0.4, 0.5) is 5.82 Å². The lowest BCUT2D eigenvalue weighted by molar-refractivity contribution is -0.389. The van der Waals surface area contributed by atoms with E-state index in [0.717, 1.165) is 18.7 Å². The van der Waals surface area contributed by atoms with E-state index in [-0.39, 0.29) is 23.2 Å². The van der Waals surface area contributed by atoms with Crippen molar-refractivity contribution in [2.75, 3.05) is 6.54 Å². The average Bonchev–Trinajstić information content (AvgIpc) is 2.98. The molecule has 1 atom stereocenters. The second-order valence-electron chi connectivity index (χ2n) is 4.85. The van der Waals surface area contributed by atoms with Gasteiger partial charge in [-0.05, 0) is 39.8 Å². The third-order valence-electron chi connectivity index (χ3n) is 2.97. The Bertz CT molecular complexity index is 727. The molecule has 0 aromatic carbocycles. The van der Waals surface area contributed by atoms with Gasteiger partial charge >= 0.3 is 5.82 Å².